The molecule has 29 heavy (non-hydrogen) atoms. The molecule has 1 aliphatic rings. The number of guanidine groups is 1. The molecule has 3 aromatic carbocycles. The topological polar surface area (TPSA) is 70.6 Å². The van der Waals surface area contributed by atoms with E-state index in [1.807, 2.05) is 0 Å². The first-order chi connectivity index (χ1) is 13.9. The second-order valence-corrected chi connectivity index (χ2v) is 8.23. The second kappa shape index (κ2) is 7.63. The molecule has 0 aliphatic carbocycles. The van der Waals surface area contributed by atoms with Crippen LogP contribution in [0.25, 0.3) is 0 Å². The summed E-state index contributed by atoms with van der Waals surface area (Å²) in [6.45, 7) is -0.0208. The number of nitrogens with one attached hydrogen (secondary N) is 2. The standard InChI is InChI=1S/C21H17F2N3O2S/c22-17-10-8-14(9-11-17)12-15-5-3-7-19-20(15)25-21(26-29(19,27)28)24-13-16-4-1-2-6-18(16)23/h1-11H,12-13H2,(H2,24,25,26). The normalized spacial score (nSPS) is 16.0. The van der Waals surface area contributed by atoms with E-state index in [0.717, 1.165) is 11.1 Å². The molecule has 0 amide bonds. The van der Waals surface area contributed by atoms with Crippen LogP contribution in [0.3, 0.4) is 0 Å². The summed E-state index contributed by atoms with van der Waals surface area (Å²) in [7, 11) is -3.82. The van der Waals surface area contributed by atoms with Crippen LogP contribution in [0.2, 0.25) is 0 Å². The molecule has 3 aromatic rings. The van der Waals surface area contributed by atoms with Crippen molar-refractivity contribution in [3.05, 3.63) is 95.1 Å². The Kier molecular flexibility index (Phi) is 5.02. The number of halogens is 2. The van der Waals surface area contributed by atoms with Crippen LogP contribution in [0.5, 0.6) is 0 Å². The number of benzene rings is 3. The van der Waals surface area contributed by atoms with Gasteiger partial charge in [0.15, 0.2) is 0 Å². The van der Waals surface area contributed by atoms with Gasteiger partial charge in [0, 0.05) is 5.56 Å². The molecule has 1 aliphatic heterocycles. The highest BCUT2D eigenvalue weighted by Gasteiger charge is 2.28. The van der Waals surface area contributed by atoms with Crippen molar-refractivity contribution >= 4 is 21.7 Å². The third kappa shape index (κ3) is 4.12. The van der Waals surface area contributed by atoms with Gasteiger partial charge in [-0.1, -0.05) is 42.5 Å². The van der Waals surface area contributed by atoms with Crippen LogP contribution in [0.1, 0.15) is 16.7 Å². The molecule has 0 unspecified atom stereocenters. The molecule has 0 fully saturated rings. The van der Waals surface area contributed by atoms with Gasteiger partial charge in [-0.25, -0.2) is 26.9 Å². The Morgan fingerprint density at radius 2 is 1.59 bits per heavy atom. The summed E-state index contributed by atoms with van der Waals surface area (Å²) in [6, 6.07) is 17.1. The zero-order chi connectivity index (χ0) is 20.4. The van der Waals surface area contributed by atoms with Crippen molar-refractivity contribution in [1.82, 2.24) is 4.72 Å². The first kappa shape index (κ1) is 19.1. The summed E-state index contributed by atoms with van der Waals surface area (Å²) < 4.78 is 54.7. The second-order valence-electron chi connectivity index (χ2n) is 6.58. The predicted octanol–water partition coefficient (Wildman–Crippen LogP) is 3.82. The molecule has 0 bridgehead atoms. The molecular weight excluding hydrogens is 396 g/mol. The van der Waals surface area contributed by atoms with Gasteiger partial charge in [-0.2, -0.15) is 0 Å². The van der Waals surface area contributed by atoms with Crippen molar-refractivity contribution in [2.45, 2.75) is 17.9 Å². The largest absolute Gasteiger partial charge is 0.324 e. The van der Waals surface area contributed by atoms with E-state index in [0.29, 0.717) is 17.7 Å². The summed E-state index contributed by atoms with van der Waals surface area (Å²) >= 11 is 0. The van der Waals surface area contributed by atoms with Gasteiger partial charge in [0.1, 0.15) is 16.5 Å². The number of anilines is 1. The summed E-state index contributed by atoms with van der Waals surface area (Å²) in [6.07, 6.45) is 0.409. The highest BCUT2D eigenvalue weighted by molar-refractivity contribution is 7.90. The maximum Gasteiger partial charge on any atom is 0.266 e. The van der Waals surface area contributed by atoms with Crippen molar-refractivity contribution in [1.29, 1.82) is 0 Å². The van der Waals surface area contributed by atoms with E-state index in [9.17, 15) is 17.2 Å². The van der Waals surface area contributed by atoms with Gasteiger partial charge in [-0.3, -0.25) is 0 Å². The minimum absolute atomic E-state index is 0.0207. The molecule has 0 atom stereocenters. The number of aliphatic imine (C=N–C) groups is 1. The number of hydrogen-bond donors (Lipinski definition) is 2. The molecule has 5 nitrogen and oxygen atoms in total. The molecule has 0 aromatic heterocycles. The highest BCUT2D eigenvalue weighted by atomic mass is 32.2. The van der Waals surface area contributed by atoms with Crippen LogP contribution < -0.4 is 10.0 Å². The maximum atomic E-state index is 13.8. The fraction of sp³-hybridized carbons (Fsp3) is 0.0952. The lowest BCUT2D eigenvalue weighted by molar-refractivity contribution is 0.591. The molecule has 8 heteroatoms. The molecule has 4 rings (SSSR count). The van der Waals surface area contributed by atoms with E-state index in [1.165, 1.54) is 24.3 Å². The zero-order valence-corrected chi connectivity index (χ0v) is 16.0. The lowest BCUT2D eigenvalue weighted by atomic mass is 10.0. The van der Waals surface area contributed by atoms with Crippen LogP contribution in [0, 0.1) is 11.6 Å². The van der Waals surface area contributed by atoms with Gasteiger partial charge in [-0.15, -0.1) is 0 Å². The number of para-hydroxylation sites is 1. The average Bonchev–Trinajstić information content (AvgIpc) is 2.69. The Labute approximate surface area is 167 Å². The Hall–Kier alpha value is -3.26. The Morgan fingerprint density at radius 1 is 0.862 bits per heavy atom. The summed E-state index contributed by atoms with van der Waals surface area (Å²) in [5.41, 5.74) is 2.31. The van der Waals surface area contributed by atoms with Crippen LogP contribution in [0.15, 0.2) is 76.6 Å². The number of fused-ring (bicyclic) bond motifs is 1. The van der Waals surface area contributed by atoms with Gasteiger partial charge in [0.25, 0.3) is 10.0 Å². The number of nitrogens with zero attached hydrogens (tertiary/aromatic N) is 1. The molecule has 1 heterocycles. The van der Waals surface area contributed by atoms with Crippen LogP contribution in [0.4, 0.5) is 14.5 Å². The van der Waals surface area contributed by atoms with Gasteiger partial charge in [-0.05, 0) is 41.8 Å². The maximum absolute atomic E-state index is 13.8. The fourth-order valence-corrected chi connectivity index (χ4v) is 4.29. The van der Waals surface area contributed by atoms with E-state index >= 15 is 0 Å². The van der Waals surface area contributed by atoms with E-state index in [2.05, 4.69) is 15.0 Å². The van der Waals surface area contributed by atoms with E-state index < -0.39 is 15.8 Å². The van der Waals surface area contributed by atoms with E-state index in [4.69, 9.17) is 0 Å². The van der Waals surface area contributed by atoms with Gasteiger partial charge in [0.2, 0.25) is 5.96 Å². The lowest BCUT2D eigenvalue weighted by Crippen LogP contribution is -2.41. The zero-order valence-electron chi connectivity index (χ0n) is 15.2. The smallest absolute Gasteiger partial charge is 0.266 e. The molecule has 0 saturated heterocycles. The molecule has 0 radical (unpaired) electrons. The van der Waals surface area contributed by atoms with E-state index in [-0.39, 0.29) is 23.2 Å². The number of hydrogen-bond acceptors (Lipinski definition) is 3. The lowest BCUT2D eigenvalue weighted by Gasteiger charge is -2.24. The Bertz CT molecular complexity index is 1190. The Morgan fingerprint density at radius 3 is 2.34 bits per heavy atom. The molecule has 0 saturated carbocycles. The number of sulfonamides is 1. The van der Waals surface area contributed by atoms with Gasteiger partial charge >= 0.3 is 0 Å². The third-order valence-corrected chi connectivity index (χ3v) is 5.93. The van der Waals surface area contributed by atoms with Crippen molar-refractivity contribution in [3.63, 3.8) is 0 Å². The molecule has 0 spiro atoms. The van der Waals surface area contributed by atoms with Crippen LogP contribution in [-0.2, 0) is 23.0 Å². The first-order valence-electron chi connectivity index (χ1n) is 8.86. The third-order valence-electron chi connectivity index (χ3n) is 4.55. The van der Waals surface area contributed by atoms with Crippen LogP contribution >= 0.6 is 0 Å². The minimum atomic E-state index is -3.82. The Balaban J connectivity index is 1.67. The van der Waals surface area contributed by atoms with Crippen molar-refractivity contribution < 1.29 is 17.2 Å². The highest BCUT2D eigenvalue weighted by Crippen LogP contribution is 2.30. The minimum Gasteiger partial charge on any atom is -0.324 e. The van der Waals surface area contributed by atoms with Gasteiger partial charge in [0.05, 0.1) is 12.2 Å². The summed E-state index contributed by atoms with van der Waals surface area (Å²) in [4.78, 5) is 4.29. The molecule has 148 valence electrons. The molecule has 2 N–H and O–H groups in total. The first-order valence-corrected chi connectivity index (χ1v) is 10.3. The number of rotatable bonds is 4. The fourth-order valence-electron chi connectivity index (χ4n) is 3.10. The SMILES string of the molecule is O=S1(=O)NC(=NCc2ccccc2F)Nc2c(Cc3ccc(F)cc3)cccc21. The average molecular weight is 413 g/mol. The van der Waals surface area contributed by atoms with Crippen molar-refractivity contribution in [3.8, 4) is 0 Å². The summed E-state index contributed by atoms with van der Waals surface area (Å²) in [5.74, 6) is -0.725. The predicted molar refractivity (Wildman–Crippen MR) is 107 cm³/mol. The van der Waals surface area contributed by atoms with Gasteiger partial charge < -0.3 is 5.32 Å². The van der Waals surface area contributed by atoms with E-state index in [1.54, 1.807) is 42.5 Å². The quantitative estimate of drug-likeness (QED) is 0.683. The molecular formula is C21H17F2N3O2S. The van der Waals surface area contributed by atoms with Crippen molar-refractivity contribution in [2.24, 2.45) is 4.99 Å². The van der Waals surface area contributed by atoms with Crippen LogP contribution in [-0.4, -0.2) is 14.4 Å². The summed E-state index contributed by atoms with van der Waals surface area (Å²) in [5, 5.41) is 3.01. The monoisotopic (exact) mass is 413 g/mol. The van der Waals surface area contributed by atoms with Crippen molar-refractivity contribution in [2.75, 3.05) is 5.32 Å².